The summed E-state index contributed by atoms with van der Waals surface area (Å²) in [6.45, 7) is 1.86. The molecule has 1 aromatic rings. The van der Waals surface area contributed by atoms with Gasteiger partial charge in [0.1, 0.15) is 16.6 Å². The molecule has 0 aromatic heterocycles. The fourth-order valence-electron chi connectivity index (χ4n) is 2.21. The first kappa shape index (κ1) is 17.4. The Morgan fingerprint density at radius 1 is 1.35 bits per heavy atom. The number of carboxylic acid groups (broad SMARTS) is 1. The normalized spacial score (nSPS) is 17.6. The molecule has 1 aromatic carbocycles. The summed E-state index contributed by atoms with van der Waals surface area (Å²) in [5.41, 5.74) is 1.29. The Bertz CT molecular complexity index is 682. The number of thioether (sulfide) groups is 1. The molecule has 0 saturated carbocycles. The van der Waals surface area contributed by atoms with Crippen molar-refractivity contribution < 1.29 is 19.5 Å². The van der Waals surface area contributed by atoms with Gasteiger partial charge in [-0.05, 0) is 18.1 Å². The molecule has 0 spiro atoms. The van der Waals surface area contributed by atoms with Crippen molar-refractivity contribution in [3.8, 4) is 0 Å². The zero-order valence-electron chi connectivity index (χ0n) is 12.4. The van der Waals surface area contributed by atoms with E-state index in [1.807, 2.05) is 6.92 Å². The van der Waals surface area contributed by atoms with E-state index in [1.165, 1.54) is 4.90 Å². The highest BCUT2D eigenvalue weighted by atomic mass is 32.2. The minimum atomic E-state index is -1.06. The van der Waals surface area contributed by atoms with Crippen LogP contribution in [0.1, 0.15) is 35.7 Å². The van der Waals surface area contributed by atoms with Crippen LogP contribution in [-0.4, -0.2) is 38.5 Å². The SMILES string of the molecule is CCCC(C(=O)O)N1C(=O)C(=Cc2ccc(C=O)cc2)SC1=S. The Hall–Kier alpha value is -1.99. The number of carbonyl (C=O) groups is 3. The summed E-state index contributed by atoms with van der Waals surface area (Å²) in [5.74, 6) is -1.44. The Labute approximate surface area is 143 Å². The van der Waals surface area contributed by atoms with E-state index in [2.05, 4.69) is 0 Å². The van der Waals surface area contributed by atoms with Crippen molar-refractivity contribution in [2.24, 2.45) is 0 Å². The number of carbonyl (C=O) groups excluding carboxylic acids is 2. The summed E-state index contributed by atoms with van der Waals surface area (Å²) in [4.78, 5) is 36.1. The number of amides is 1. The summed E-state index contributed by atoms with van der Waals surface area (Å²) in [7, 11) is 0. The lowest BCUT2D eigenvalue weighted by molar-refractivity contribution is -0.145. The van der Waals surface area contributed by atoms with E-state index >= 15 is 0 Å². The van der Waals surface area contributed by atoms with Crippen LogP contribution in [0.2, 0.25) is 0 Å². The molecule has 1 heterocycles. The first-order chi connectivity index (χ1) is 11.0. The molecule has 1 atom stereocenters. The van der Waals surface area contributed by atoms with Gasteiger partial charge in [-0.1, -0.05) is 61.6 Å². The fraction of sp³-hybridized carbons (Fsp3) is 0.250. The molecule has 0 bridgehead atoms. The average Bonchev–Trinajstić information content (AvgIpc) is 2.80. The zero-order chi connectivity index (χ0) is 17.0. The average molecular weight is 349 g/mol. The molecule has 0 radical (unpaired) electrons. The summed E-state index contributed by atoms with van der Waals surface area (Å²) in [5, 5.41) is 9.32. The van der Waals surface area contributed by atoms with Gasteiger partial charge in [0.05, 0.1) is 4.91 Å². The van der Waals surface area contributed by atoms with E-state index in [0.29, 0.717) is 23.3 Å². The highest BCUT2D eigenvalue weighted by Gasteiger charge is 2.39. The van der Waals surface area contributed by atoms with Gasteiger partial charge in [0.15, 0.2) is 0 Å². The second-order valence-electron chi connectivity index (χ2n) is 4.98. The predicted octanol–water partition coefficient (Wildman–Crippen LogP) is 2.95. The van der Waals surface area contributed by atoms with E-state index in [0.717, 1.165) is 23.6 Å². The van der Waals surface area contributed by atoms with Crippen molar-refractivity contribution in [1.29, 1.82) is 0 Å². The first-order valence-corrected chi connectivity index (χ1v) is 8.25. The van der Waals surface area contributed by atoms with E-state index in [-0.39, 0.29) is 10.2 Å². The van der Waals surface area contributed by atoms with Gasteiger partial charge in [-0.2, -0.15) is 0 Å². The van der Waals surface area contributed by atoms with Crippen molar-refractivity contribution in [3.63, 3.8) is 0 Å². The molecule has 5 nitrogen and oxygen atoms in total. The van der Waals surface area contributed by atoms with E-state index < -0.39 is 12.0 Å². The number of rotatable bonds is 6. The zero-order valence-corrected chi connectivity index (χ0v) is 14.0. The van der Waals surface area contributed by atoms with Crippen LogP contribution in [-0.2, 0) is 9.59 Å². The molecule has 2 rings (SSSR count). The van der Waals surface area contributed by atoms with Crippen LogP contribution < -0.4 is 0 Å². The third-order valence-electron chi connectivity index (χ3n) is 3.35. The number of aldehydes is 1. The molecular formula is C16H15NO4S2. The Morgan fingerprint density at radius 2 is 1.96 bits per heavy atom. The molecule has 1 aliphatic rings. The molecule has 1 aliphatic heterocycles. The largest absolute Gasteiger partial charge is 0.480 e. The highest BCUT2D eigenvalue weighted by Crippen LogP contribution is 2.34. The second-order valence-corrected chi connectivity index (χ2v) is 6.65. The predicted molar refractivity (Wildman–Crippen MR) is 93.2 cm³/mol. The maximum absolute atomic E-state index is 12.5. The Balaban J connectivity index is 2.27. The number of hydrogen-bond acceptors (Lipinski definition) is 5. The van der Waals surface area contributed by atoms with Crippen molar-refractivity contribution in [2.75, 3.05) is 0 Å². The van der Waals surface area contributed by atoms with Crippen molar-refractivity contribution >= 4 is 52.5 Å². The van der Waals surface area contributed by atoms with Crippen LogP contribution >= 0.6 is 24.0 Å². The van der Waals surface area contributed by atoms with Gasteiger partial charge in [-0.3, -0.25) is 14.5 Å². The minimum Gasteiger partial charge on any atom is -0.480 e. The lowest BCUT2D eigenvalue weighted by Crippen LogP contribution is -2.43. The molecule has 1 unspecified atom stereocenters. The van der Waals surface area contributed by atoms with Gasteiger partial charge in [-0.25, -0.2) is 4.79 Å². The van der Waals surface area contributed by atoms with E-state index in [9.17, 15) is 19.5 Å². The smallest absolute Gasteiger partial charge is 0.326 e. The van der Waals surface area contributed by atoms with Gasteiger partial charge < -0.3 is 5.11 Å². The molecular weight excluding hydrogens is 334 g/mol. The standard InChI is InChI=1S/C16H15NO4S2/c1-2-3-12(15(20)21)17-14(19)13(23-16(17)22)8-10-4-6-11(9-18)7-5-10/h4-9,12H,2-3H2,1H3,(H,20,21). The number of aliphatic carboxylic acids is 1. The van der Waals surface area contributed by atoms with Crippen LogP contribution in [0.3, 0.4) is 0 Å². The number of hydrogen-bond donors (Lipinski definition) is 1. The molecule has 23 heavy (non-hydrogen) atoms. The molecule has 1 saturated heterocycles. The topological polar surface area (TPSA) is 74.7 Å². The van der Waals surface area contributed by atoms with Crippen LogP contribution in [0.4, 0.5) is 0 Å². The van der Waals surface area contributed by atoms with Crippen molar-refractivity contribution in [3.05, 3.63) is 40.3 Å². The van der Waals surface area contributed by atoms with Gasteiger partial charge in [-0.15, -0.1) is 0 Å². The maximum atomic E-state index is 12.5. The number of nitrogens with zero attached hydrogens (tertiary/aromatic N) is 1. The van der Waals surface area contributed by atoms with Crippen molar-refractivity contribution in [1.82, 2.24) is 4.90 Å². The minimum absolute atomic E-state index is 0.256. The van der Waals surface area contributed by atoms with E-state index in [1.54, 1.807) is 30.3 Å². The lowest BCUT2D eigenvalue weighted by atomic mass is 10.1. The number of carboxylic acids is 1. The highest BCUT2D eigenvalue weighted by molar-refractivity contribution is 8.26. The molecule has 1 N–H and O–H groups in total. The van der Waals surface area contributed by atoms with Crippen molar-refractivity contribution in [2.45, 2.75) is 25.8 Å². The monoisotopic (exact) mass is 349 g/mol. The third kappa shape index (κ3) is 3.86. The Kier molecular flexibility index (Phi) is 5.68. The van der Waals surface area contributed by atoms with Gasteiger partial charge in [0.25, 0.3) is 5.91 Å². The van der Waals surface area contributed by atoms with Crippen LogP contribution in [0, 0.1) is 0 Å². The number of thiocarbonyl (C=S) groups is 1. The van der Waals surface area contributed by atoms with E-state index in [4.69, 9.17) is 12.2 Å². The van der Waals surface area contributed by atoms with Crippen LogP contribution in [0.15, 0.2) is 29.2 Å². The summed E-state index contributed by atoms with van der Waals surface area (Å²) in [6, 6.07) is 5.80. The van der Waals surface area contributed by atoms with Gasteiger partial charge in [0, 0.05) is 5.56 Å². The van der Waals surface area contributed by atoms with Gasteiger partial charge in [0.2, 0.25) is 0 Å². The summed E-state index contributed by atoms with van der Waals surface area (Å²) in [6.07, 6.45) is 3.38. The Morgan fingerprint density at radius 3 is 2.48 bits per heavy atom. The summed E-state index contributed by atoms with van der Waals surface area (Å²) >= 11 is 6.27. The molecule has 0 aliphatic carbocycles. The maximum Gasteiger partial charge on any atom is 0.326 e. The quantitative estimate of drug-likeness (QED) is 0.483. The second kappa shape index (κ2) is 7.52. The molecule has 120 valence electrons. The third-order valence-corrected chi connectivity index (χ3v) is 4.68. The number of benzene rings is 1. The van der Waals surface area contributed by atoms with Crippen LogP contribution in [0.25, 0.3) is 6.08 Å². The van der Waals surface area contributed by atoms with Gasteiger partial charge >= 0.3 is 5.97 Å². The molecule has 1 amide bonds. The first-order valence-electron chi connectivity index (χ1n) is 7.03. The fourth-order valence-corrected chi connectivity index (χ4v) is 3.56. The lowest BCUT2D eigenvalue weighted by Gasteiger charge is -2.22. The summed E-state index contributed by atoms with van der Waals surface area (Å²) < 4.78 is 0.256. The molecule has 1 fully saturated rings. The van der Waals surface area contributed by atoms with Crippen LogP contribution in [0.5, 0.6) is 0 Å². The molecule has 7 heteroatoms.